The van der Waals surface area contributed by atoms with Crippen molar-refractivity contribution in [2.24, 2.45) is 11.3 Å². The van der Waals surface area contributed by atoms with Gasteiger partial charge in [-0.1, -0.05) is 27.7 Å². The van der Waals surface area contributed by atoms with Crippen LogP contribution in [0.4, 0.5) is 4.39 Å². The van der Waals surface area contributed by atoms with Crippen LogP contribution in [0.3, 0.4) is 0 Å². The van der Waals surface area contributed by atoms with Crippen LogP contribution in [0.25, 0.3) is 0 Å². The molecule has 0 bridgehead atoms. The summed E-state index contributed by atoms with van der Waals surface area (Å²) in [4.78, 5) is 0. The maximum Gasteiger partial charge on any atom is 0.338 e. The van der Waals surface area contributed by atoms with Gasteiger partial charge in [0.05, 0.1) is 6.67 Å². The van der Waals surface area contributed by atoms with E-state index in [0.717, 1.165) is 12.1 Å². The molecule has 0 heterocycles. The van der Waals surface area contributed by atoms with Crippen LogP contribution in [0.15, 0.2) is 0 Å². The molecular weight excluding hydrogens is 211 g/mol. The summed E-state index contributed by atoms with van der Waals surface area (Å²) < 4.78 is 23.7. The Morgan fingerprint density at radius 1 is 1.20 bits per heavy atom. The Bertz CT molecular complexity index is 176. The van der Waals surface area contributed by atoms with Gasteiger partial charge in [0.25, 0.3) is 0 Å². The normalized spacial score (nSPS) is 15.4. The molecule has 0 radical (unpaired) electrons. The van der Waals surface area contributed by atoms with Gasteiger partial charge in [-0.3, -0.25) is 4.39 Å². The Labute approximate surface area is 94.4 Å². The minimum atomic E-state index is -2.20. The Balaban J connectivity index is 4.57. The zero-order valence-electron chi connectivity index (χ0n) is 10.9. The van der Waals surface area contributed by atoms with Crippen LogP contribution in [0.5, 0.6) is 0 Å². The van der Waals surface area contributed by atoms with Crippen molar-refractivity contribution in [2.75, 3.05) is 20.9 Å². The molecule has 4 heteroatoms. The van der Waals surface area contributed by atoms with Crippen LogP contribution in [0.2, 0.25) is 12.1 Å². The number of alkyl halides is 1. The van der Waals surface area contributed by atoms with E-state index in [1.54, 1.807) is 14.2 Å². The van der Waals surface area contributed by atoms with E-state index in [0.29, 0.717) is 0 Å². The molecule has 0 N–H and O–H groups in total. The summed E-state index contributed by atoms with van der Waals surface area (Å²) in [5.74, 6) is 0.0268. The van der Waals surface area contributed by atoms with Crippen LogP contribution in [0, 0.1) is 11.3 Å². The van der Waals surface area contributed by atoms with Gasteiger partial charge < -0.3 is 8.85 Å². The van der Waals surface area contributed by atoms with Crippen molar-refractivity contribution in [3.8, 4) is 0 Å². The van der Waals surface area contributed by atoms with Gasteiger partial charge in [-0.15, -0.1) is 0 Å². The Morgan fingerprint density at radius 3 is 1.93 bits per heavy atom. The summed E-state index contributed by atoms with van der Waals surface area (Å²) in [6.45, 7) is 8.08. The number of hydrogen-bond acceptors (Lipinski definition) is 2. The molecule has 0 rings (SSSR count). The number of halogens is 1. The molecule has 1 unspecified atom stereocenters. The van der Waals surface area contributed by atoms with Crippen LogP contribution < -0.4 is 0 Å². The van der Waals surface area contributed by atoms with E-state index >= 15 is 0 Å². The third-order valence-corrected chi connectivity index (χ3v) is 6.87. The van der Waals surface area contributed by atoms with Gasteiger partial charge in [-0.2, -0.15) is 0 Å². The molecule has 0 amide bonds. The highest BCUT2D eigenvalue weighted by Crippen LogP contribution is 2.33. The van der Waals surface area contributed by atoms with Gasteiger partial charge in [0, 0.05) is 14.2 Å². The topological polar surface area (TPSA) is 18.5 Å². The molecule has 0 aromatic carbocycles. The van der Waals surface area contributed by atoms with Crippen LogP contribution in [0.1, 0.15) is 27.7 Å². The summed E-state index contributed by atoms with van der Waals surface area (Å²) in [5, 5.41) is 0. The van der Waals surface area contributed by atoms with Gasteiger partial charge in [0.15, 0.2) is 0 Å². The van der Waals surface area contributed by atoms with E-state index in [2.05, 4.69) is 20.8 Å². The summed E-state index contributed by atoms with van der Waals surface area (Å²) in [6.07, 6.45) is 0. The first-order valence-electron chi connectivity index (χ1n) is 5.45. The molecule has 0 saturated heterocycles. The van der Waals surface area contributed by atoms with Crippen molar-refractivity contribution in [1.82, 2.24) is 0 Å². The van der Waals surface area contributed by atoms with Gasteiger partial charge in [0.1, 0.15) is 0 Å². The Hall–Kier alpha value is 0.0669. The second-order valence-electron chi connectivity index (χ2n) is 5.52. The lowest BCUT2D eigenvalue weighted by atomic mass is 10.0. The lowest BCUT2D eigenvalue weighted by Gasteiger charge is -2.34. The lowest BCUT2D eigenvalue weighted by molar-refractivity contribution is 0.214. The molecule has 0 aliphatic carbocycles. The van der Waals surface area contributed by atoms with Crippen molar-refractivity contribution >= 4 is 8.56 Å². The molecule has 15 heavy (non-hydrogen) atoms. The SMILES string of the molecule is CO[Si](CC(C)CF)(CC(C)(C)C)OC. The minimum Gasteiger partial charge on any atom is -0.398 e. The van der Waals surface area contributed by atoms with Crippen LogP contribution in [-0.2, 0) is 8.85 Å². The maximum absolute atomic E-state index is 12.5. The maximum atomic E-state index is 12.5. The van der Waals surface area contributed by atoms with E-state index in [1.165, 1.54) is 0 Å². The second kappa shape index (κ2) is 5.96. The van der Waals surface area contributed by atoms with Crippen LogP contribution in [-0.4, -0.2) is 29.5 Å². The van der Waals surface area contributed by atoms with Gasteiger partial charge in [-0.25, -0.2) is 0 Å². The molecule has 0 aromatic rings. The summed E-state index contributed by atoms with van der Waals surface area (Å²) in [6, 6.07) is 1.63. The predicted octanol–water partition coefficient (Wildman–Crippen LogP) is 3.37. The first kappa shape index (κ1) is 15.1. The molecular formula is C11H25FO2Si. The molecule has 0 fully saturated rings. The van der Waals surface area contributed by atoms with E-state index in [1.807, 2.05) is 6.92 Å². The second-order valence-corrected chi connectivity index (χ2v) is 8.92. The fourth-order valence-electron chi connectivity index (χ4n) is 1.86. The Kier molecular flexibility index (Phi) is 5.99. The molecule has 0 aliphatic rings. The summed E-state index contributed by atoms with van der Waals surface area (Å²) in [5.41, 5.74) is 0.161. The summed E-state index contributed by atoms with van der Waals surface area (Å²) in [7, 11) is 1.17. The van der Waals surface area contributed by atoms with Crippen molar-refractivity contribution in [3.63, 3.8) is 0 Å². The third-order valence-electron chi connectivity index (χ3n) is 2.47. The minimum absolute atomic E-state index is 0.0268. The van der Waals surface area contributed by atoms with E-state index in [9.17, 15) is 4.39 Å². The van der Waals surface area contributed by atoms with Gasteiger partial charge >= 0.3 is 8.56 Å². The monoisotopic (exact) mass is 236 g/mol. The molecule has 0 spiro atoms. The predicted molar refractivity (Wildman–Crippen MR) is 64.0 cm³/mol. The standard InChI is InChI=1S/C11H25FO2Si/c1-10(7-12)8-15(13-5,14-6)9-11(2,3)4/h10H,7-9H2,1-6H3. The van der Waals surface area contributed by atoms with E-state index in [4.69, 9.17) is 8.85 Å². The third kappa shape index (κ3) is 5.63. The van der Waals surface area contributed by atoms with Gasteiger partial charge in [-0.05, 0) is 23.4 Å². The van der Waals surface area contributed by atoms with E-state index in [-0.39, 0.29) is 18.0 Å². The molecule has 0 saturated carbocycles. The fourth-order valence-corrected chi connectivity index (χ4v) is 5.58. The van der Waals surface area contributed by atoms with Crippen molar-refractivity contribution < 1.29 is 13.2 Å². The molecule has 2 nitrogen and oxygen atoms in total. The highest BCUT2D eigenvalue weighted by molar-refractivity contribution is 6.67. The zero-order chi connectivity index (χ0) is 12.1. The van der Waals surface area contributed by atoms with Crippen LogP contribution >= 0.6 is 0 Å². The summed E-state index contributed by atoms with van der Waals surface area (Å²) >= 11 is 0. The van der Waals surface area contributed by atoms with Crippen molar-refractivity contribution in [1.29, 1.82) is 0 Å². The van der Waals surface area contributed by atoms with Crippen molar-refractivity contribution in [2.45, 2.75) is 39.8 Å². The number of hydrogen-bond donors (Lipinski definition) is 0. The van der Waals surface area contributed by atoms with Gasteiger partial charge in [0.2, 0.25) is 0 Å². The smallest absolute Gasteiger partial charge is 0.338 e. The number of rotatable bonds is 6. The van der Waals surface area contributed by atoms with Crippen molar-refractivity contribution in [3.05, 3.63) is 0 Å². The highest BCUT2D eigenvalue weighted by atomic mass is 28.4. The fraction of sp³-hybridized carbons (Fsp3) is 1.00. The first-order chi connectivity index (χ1) is 6.78. The lowest BCUT2D eigenvalue weighted by Crippen LogP contribution is -2.44. The average Bonchev–Trinajstić information content (AvgIpc) is 2.14. The Morgan fingerprint density at radius 2 is 1.67 bits per heavy atom. The molecule has 1 atom stereocenters. The molecule has 92 valence electrons. The largest absolute Gasteiger partial charge is 0.398 e. The van der Waals surface area contributed by atoms with E-state index < -0.39 is 8.56 Å². The first-order valence-corrected chi connectivity index (χ1v) is 7.68. The quantitative estimate of drug-likeness (QED) is 0.658. The highest BCUT2D eigenvalue weighted by Gasteiger charge is 2.40. The zero-order valence-corrected chi connectivity index (χ0v) is 11.9. The molecule has 0 aliphatic heterocycles. The average molecular weight is 236 g/mol. The molecule has 0 aromatic heterocycles.